The van der Waals surface area contributed by atoms with Crippen LogP contribution in [0.25, 0.3) is 0 Å². The molecule has 0 aliphatic carbocycles. The van der Waals surface area contributed by atoms with Crippen molar-refractivity contribution in [2.75, 3.05) is 6.54 Å². The highest BCUT2D eigenvalue weighted by Crippen LogP contribution is 2.13. The summed E-state index contributed by atoms with van der Waals surface area (Å²) in [5.74, 6) is 1.13. The highest BCUT2D eigenvalue weighted by Gasteiger charge is 2.18. The van der Waals surface area contributed by atoms with Crippen molar-refractivity contribution in [3.8, 4) is 0 Å². The first-order valence-electron chi connectivity index (χ1n) is 5.89. The summed E-state index contributed by atoms with van der Waals surface area (Å²) in [6.07, 6.45) is 3.19. The quantitative estimate of drug-likeness (QED) is 0.691. The molecule has 0 fully saturated rings. The molecule has 8 heteroatoms. The van der Waals surface area contributed by atoms with Crippen LogP contribution in [-0.4, -0.2) is 24.9 Å². The SMILES string of the molecule is CCNCc1ccc(S(=O)(=O)NCc2ncc[nH]2)o1. The molecule has 3 N–H and O–H groups in total. The summed E-state index contributed by atoms with van der Waals surface area (Å²) < 4.78 is 31.6. The van der Waals surface area contributed by atoms with E-state index in [4.69, 9.17) is 4.42 Å². The number of H-pyrrole nitrogens is 1. The van der Waals surface area contributed by atoms with Crippen LogP contribution in [0.5, 0.6) is 0 Å². The number of aromatic amines is 1. The highest BCUT2D eigenvalue weighted by molar-refractivity contribution is 7.89. The van der Waals surface area contributed by atoms with Gasteiger partial charge in [0.25, 0.3) is 10.0 Å². The van der Waals surface area contributed by atoms with Gasteiger partial charge in [-0.15, -0.1) is 0 Å². The fraction of sp³-hybridized carbons (Fsp3) is 0.364. The minimum Gasteiger partial charge on any atom is -0.447 e. The zero-order valence-electron chi connectivity index (χ0n) is 10.5. The lowest BCUT2D eigenvalue weighted by atomic mass is 10.4. The number of hydrogen-bond acceptors (Lipinski definition) is 5. The van der Waals surface area contributed by atoms with Crippen LogP contribution in [0, 0.1) is 0 Å². The summed E-state index contributed by atoms with van der Waals surface area (Å²) in [7, 11) is -3.65. The molecule has 0 amide bonds. The minimum atomic E-state index is -3.65. The maximum atomic E-state index is 11.9. The Bertz CT molecular complexity index is 604. The van der Waals surface area contributed by atoms with Crippen LogP contribution in [0.1, 0.15) is 18.5 Å². The summed E-state index contributed by atoms with van der Waals surface area (Å²) in [5, 5.41) is 2.97. The summed E-state index contributed by atoms with van der Waals surface area (Å²) in [6, 6.07) is 3.08. The normalized spacial score (nSPS) is 11.8. The van der Waals surface area contributed by atoms with Crippen molar-refractivity contribution in [2.45, 2.75) is 25.1 Å². The van der Waals surface area contributed by atoms with Crippen LogP contribution in [0.2, 0.25) is 0 Å². The molecule has 2 aromatic rings. The average molecular weight is 284 g/mol. The van der Waals surface area contributed by atoms with E-state index in [9.17, 15) is 8.42 Å². The first kappa shape index (κ1) is 13.8. The third-order valence-electron chi connectivity index (χ3n) is 2.44. The molecule has 0 aliphatic rings. The molecule has 0 bridgehead atoms. The van der Waals surface area contributed by atoms with E-state index < -0.39 is 10.0 Å². The lowest BCUT2D eigenvalue weighted by Gasteiger charge is -2.02. The van der Waals surface area contributed by atoms with Crippen LogP contribution in [-0.2, 0) is 23.1 Å². The molecule has 0 unspecified atom stereocenters. The Morgan fingerprint density at radius 3 is 2.89 bits per heavy atom. The van der Waals surface area contributed by atoms with Crippen molar-refractivity contribution in [1.29, 1.82) is 0 Å². The smallest absolute Gasteiger partial charge is 0.274 e. The predicted molar refractivity (Wildman–Crippen MR) is 68.7 cm³/mol. The van der Waals surface area contributed by atoms with Crippen LogP contribution in [0.3, 0.4) is 0 Å². The Hall–Kier alpha value is -1.64. The van der Waals surface area contributed by atoms with Gasteiger partial charge >= 0.3 is 0 Å². The van der Waals surface area contributed by atoms with Crippen molar-refractivity contribution in [2.24, 2.45) is 0 Å². The summed E-state index contributed by atoms with van der Waals surface area (Å²) in [4.78, 5) is 6.75. The first-order chi connectivity index (χ1) is 9.12. The second-order valence-electron chi connectivity index (χ2n) is 3.86. The van der Waals surface area contributed by atoms with Crippen molar-refractivity contribution in [1.82, 2.24) is 20.0 Å². The van der Waals surface area contributed by atoms with Crippen LogP contribution < -0.4 is 10.0 Å². The molecule has 2 aromatic heterocycles. The van der Waals surface area contributed by atoms with E-state index >= 15 is 0 Å². The topological polar surface area (TPSA) is 100 Å². The van der Waals surface area contributed by atoms with E-state index in [0.29, 0.717) is 18.1 Å². The number of nitrogens with one attached hydrogen (secondary N) is 3. The number of rotatable bonds is 7. The van der Waals surface area contributed by atoms with Crippen molar-refractivity contribution >= 4 is 10.0 Å². The molecular formula is C11H16N4O3S. The average Bonchev–Trinajstić information content (AvgIpc) is 3.05. The Labute approximate surface area is 111 Å². The Kier molecular flexibility index (Phi) is 4.35. The summed E-state index contributed by atoms with van der Waals surface area (Å²) >= 11 is 0. The van der Waals surface area contributed by atoms with Gasteiger partial charge in [-0.05, 0) is 18.7 Å². The third kappa shape index (κ3) is 3.66. The zero-order chi connectivity index (χ0) is 13.7. The van der Waals surface area contributed by atoms with Gasteiger partial charge in [0.2, 0.25) is 5.09 Å². The lowest BCUT2D eigenvalue weighted by molar-refractivity contribution is 0.401. The van der Waals surface area contributed by atoms with Crippen LogP contribution in [0.4, 0.5) is 0 Å². The fourth-order valence-corrected chi connectivity index (χ4v) is 2.41. The van der Waals surface area contributed by atoms with Gasteiger partial charge in [0.1, 0.15) is 11.6 Å². The minimum absolute atomic E-state index is 0.0908. The van der Waals surface area contributed by atoms with Crippen LogP contribution in [0.15, 0.2) is 34.0 Å². The molecule has 2 heterocycles. The zero-order valence-corrected chi connectivity index (χ0v) is 11.3. The standard InChI is InChI=1S/C11H16N4O3S/c1-2-12-7-9-3-4-11(18-9)19(16,17)15-8-10-13-5-6-14-10/h3-6,12,15H,2,7-8H2,1H3,(H,13,14). The molecule has 7 nitrogen and oxygen atoms in total. The largest absolute Gasteiger partial charge is 0.447 e. The number of aromatic nitrogens is 2. The molecule has 0 radical (unpaired) electrons. The van der Waals surface area contributed by atoms with E-state index in [-0.39, 0.29) is 11.6 Å². The maximum absolute atomic E-state index is 11.9. The van der Waals surface area contributed by atoms with Crippen LogP contribution >= 0.6 is 0 Å². The number of hydrogen-bond donors (Lipinski definition) is 3. The molecule has 19 heavy (non-hydrogen) atoms. The number of nitrogens with zero attached hydrogens (tertiary/aromatic N) is 1. The molecule has 0 spiro atoms. The molecule has 0 aliphatic heterocycles. The second kappa shape index (κ2) is 6.00. The second-order valence-corrected chi connectivity index (χ2v) is 5.56. The number of sulfonamides is 1. The Balaban J connectivity index is 2.00. The van der Waals surface area contributed by atoms with E-state index in [1.807, 2.05) is 6.92 Å². The van der Waals surface area contributed by atoms with Crippen molar-refractivity contribution < 1.29 is 12.8 Å². The summed E-state index contributed by atoms with van der Waals surface area (Å²) in [5.41, 5.74) is 0. The van der Waals surface area contributed by atoms with E-state index in [2.05, 4.69) is 20.0 Å². The van der Waals surface area contributed by atoms with E-state index in [0.717, 1.165) is 6.54 Å². The van der Waals surface area contributed by atoms with Crippen molar-refractivity contribution in [3.63, 3.8) is 0 Å². The van der Waals surface area contributed by atoms with E-state index in [1.165, 1.54) is 6.07 Å². The molecule has 2 rings (SSSR count). The van der Waals surface area contributed by atoms with Gasteiger partial charge in [-0.1, -0.05) is 6.92 Å². The number of furan rings is 1. The molecular weight excluding hydrogens is 268 g/mol. The third-order valence-corrected chi connectivity index (χ3v) is 3.71. The molecule has 0 saturated carbocycles. The molecule has 104 valence electrons. The first-order valence-corrected chi connectivity index (χ1v) is 7.37. The molecule has 0 saturated heterocycles. The van der Waals surface area contributed by atoms with Gasteiger partial charge in [0, 0.05) is 12.4 Å². The highest BCUT2D eigenvalue weighted by atomic mass is 32.2. The van der Waals surface area contributed by atoms with Gasteiger partial charge in [-0.25, -0.2) is 18.1 Å². The molecule has 0 aromatic carbocycles. The van der Waals surface area contributed by atoms with Gasteiger partial charge in [-0.2, -0.15) is 0 Å². The monoisotopic (exact) mass is 284 g/mol. The Morgan fingerprint density at radius 1 is 1.37 bits per heavy atom. The van der Waals surface area contributed by atoms with Gasteiger partial charge < -0.3 is 14.7 Å². The Morgan fingerprint density at radius 2 is 2.21 bits per heavy atom. The fourth-order valence-electron chi connectivity index (χ4n) is 1.48. The van der Waals surface area contributed by atoms with Gasteiger partial charge in [-0.3, -0.25) is 0 Å². The maximum Gasteiger partial charge on any atom is 0.274 e. The lowest BCUT2D eigenvalue weighted by Crippen LogP contribution is -2.23. The molecule has 0 atom stereocenters. The summed E-state index contributed by atoms with van der Waals surface area (Å²) in [6.45, 7) is 3.35. The van der Waals surface area contributed by atoms with E-state index in [1.54, 1.807) is 18.5 Å². The van der Waals surface area contributed by atoms with Gasteiger partial charge in [0.05, 0.1) is 13.1 Å². The predicted octanol–water partition coefficient (Wildman–Crippen LogP) is 0.591. The van der Waals surface area contributed by atoms with Crippen molar-refractivity contribution in [3.05, 3.63) is 36.1 Å². The number of imidazole rings is 1. The van der Waals surface area contributed by atoms with Gasteiger partial charge in [0.15, 0.2) is 0 Å².